The maximum Gasteiger partial charge on any atom is 0.411 e. The van der Waals surface area contributed by atoms with Crippen LogP contribution in [0.2, 0.25) is 0 Å². The number of rotatable bonds is 7. The second kappa shape index (κ2) is 9.02. The second-order valence-electron chi connectivity index (χ2n) is 8.19. The number of carboxylic acids is 1. The van der Waals surface area contributed by atoms with Crippen LogP contribution in [-0.4, -0.2) is 40.2 Å². The lowest BCUT2D eigenvalue weighted by Gasteiger charge is -2.36. The number of carboxylic acid groups (broad SMARTS) is 1. The first-order valence-corrected chi connectivity index (χ1v) is 10.9. The van der Waals surface area contributed by atoms with Crippen LogP contribution in [-0.2, 0) is 15.1 Å². The Morgan fingerprint density at radius 2 is 1.67 bits per heavy atom. The quantitative estimate of drug-likeness (QED) is 0.539. The van der Waals surface area contributed by atoms with Gasteiger partial charge in [0.1, 0.15) is 12.4 Å². The zero-order chi connectivity index (χ0) is 23.6. The van der Waals surface area contributed by atoms with Crippen LogP contribution in [0.1, 0.15) is 43.0 Å². The molecule has 1 unspecified atom stereocenters. The highest BCUT2D eigenvalue weighted by molar-refractivity contribution is 5.85. The predicted octanol–water partition coefficient (Wildman–Crippen LogP) is 5.18. The van der Waals surface area contributed by atoms with Gasteiger partial charge in [-0.15, -0.1) is 0 Å². The van der Waals surface area contributed by atoms with Gasteiger partial charge in [-0.1, -0.05) is 55.5 Å². The summed E-state index contributed by atoms with van der Waals surface area (Å²) < 4.78 is 19.1. The van der Waals surface area contributed by atoms with Gasteiger partial charge in [-0.3, -0.25) is 9.88 Å². The van der Waals surface area contributed by atoms with Crippen LogP contribution >= 0.6 is 0 Å². The molecule has 0 aliphatic heterocycles. The molecule has 2 aromatic carbocycles. The molecule has 1 aliphatic carbocycles. The normalized spacial score (nSPS) is 14.2. The van der Waals surface area contributed by atoms with E-state index in [1.807, 2.05) is 55.5 Å². The zero-order valence-electron chi connectivity index (χ0n) is 18.5. The number of halogens is 1. The summed E-state index contributed by atoms with van der Waals surface area (Å²) in [5, 5.41) is 10.1. The van der Waals surface area contributed by atoms with Crippen molar-refractivity contribution < 1.29 is 23.8 Å². The summed E-state index contributed by atoms with van der Waals surface area (Å²) in [6.07, 6.45) is 0.696. The third kappa shape index (κ3) is 3.95. The molecule has 1 heterocycles. The molecule has 170 valence electrons. The van der Waals surface area contributed by atoms with Crippen LogP contribution in [0.25, 0.3) is 11.1 Å². The van der Waals surface area contributed by atoms with Crippen LogP contribution in [0.3, 0.4) is 0 Å². The molecule has 1 aromatic heterocycles. The molecule has 0 spiro atoms. The van der Waals surface area contributed by atoms with Crippen LogP contribution < -0.4 is 0 Å². The molecule has 0 bridgehead atoms. The van der Waals surface area contributed by atoms with E-state index in [2.05, 4.69) is 4.98 Å². The van der Waals surface area contributed by atoms with Crippen molar-refractivity contribution in [2.45, 2.75) is 31.7 Å². The first-order valence-electron chi connectivity index (χ1n) is 10.9. The Bertz CT molecular complexity index is 1140. The Morgan fingerprint density at radius 1 is 1.06 bits per heavy atom. The summed E-state index contributed by atoms with van der Waals surface area (Å²) in [6.45, 7) is 3.43. The molecule has 0 radical (unpaired) electrons. The van der Waals surface area contributed by atoms with Crippen molar-refractivity contribution in [2.75, 3.05) is 13.2 Å². The van der Waals surface area contributed by atoms with Crippen molar-refractivity contribution in [3.8, 4) is 11.1 Å². The van der Waals surface area contributed by atoms with E-state index in [1.54, 1.807) is 0 Å². The standard InChI is InChI=1S/C26H25FN2O4/c1-3-14-29(26(2,24(30)31)23-13-12-17(27)15-28-23)25(32)33-16-22-20-10-6-4-8-18(20)19-9-5-7-11-21(19)22/h4-13,15,22H,3,14,16H2,1-2H3,(H,30,31). The van der Waals surface area contributed by atoms with Crippen LogP contribution in [0.5, 0.6) is 0 Å². The zero-order valence-corrected chi connectivity index (χ0v) is 18.5. The summed E-state index contributed by atoms with van der Waals surface area (Å²) in [7, 11) is 0. The van der Waals surface area contributed by atoms with Crippen molar-refractivity contribution in [2.24, 2.45) is 0 Å². The van der Waals surface area contributed by atoms with E-state index in [-0.39, 0.29) is 24.8 Å². The highest BCUT2D eigenvalue weighted by atomic mass is 19.1. The topological polar surface area (TPSA) is 79.7 Å². The summed E-state index contributed by atoms with van der Waals surface area (Å²) in [4.78, 5) is 30.7. The number of hydrogen-bond donors (Lipinski definition) is 1. The minimum Gasteiger partial charge on any atom is -0.479 e. The van der Waals surface area contributed by atoms with Gasteiger partial charge in [-0.25, -0.2) is 14.0 Å². The molecular weight excluding hydrogens is 423 g/mol. The van der Waals surface area contributed by atoms with Crippen molar-refractivity contribution in [1.29, 1.82) is 0 Å². The molecule has 4 rings (SSSR count). The lowest BCUT2D eigenvalue weighted by molar-refractivity contribution is -0.150. The third-order valence-electron chi connectivity index (χ3n) is 6.19. The van der Waals surface area contributed by atoms with Gasteiger partial charge in [0, 0.05) is 12.5 Å². The molecular formula is C26H25FN2O4. The predicted molar refractivity (Wildman–Crippen MR) is 121 cm³/mol. The molecule has 1 atom stereocenters. The lowest BCUT2D eigenvalue weighted by atomic mass is 9.94. The Hall–Kier alpha value is -3.74. The molecule has 0 saturated heterocycles. The monoisotopic (exact) mass is 448 g/mol. The SMILES string of the molecule is CCCN(C(=O)OCC1c2ccccc2-c2ccccc21)C(C)(C(=O)O)c1ccc(F)cn1. The van der Waals surface area contributed by atoms with Crippen molar-refractivity contribution in [3.05, 3.63) is 89.5 Å². The average molecular weight is 448 g/mol. The summed E-state index contributed by atoms with van der Waals surface area (Å²) in [5.41, 5.74) is 2.57. The highest BCUT2D eigenvalue weighted by Gasteiger charge is 2.46. The van der Waals surface area contributed by atoms with E-state index >= 15 is 0 Å². The minimum atomic E-state index is -1.81. The molecule has 33 heavy (non-hydrogen) atoms. The van der Waals surface area contributed by atoms with Gasteiger partial charge < -0.3 is 9.84 Å². The number of carbonyl (C=O) groups is 2. The fraction of sp³-hybridized carbons (Fsp3) is 0.269. The molecule has 0 saturated carbocycles. The Balaban J connectivity index is 1.62. The first-order chi connectivity index (χ1) is 15.9. The van der Waals surface area contributed by atoms with Crippen molar-refractivity contribution in [3.63, 3.8) is 0 Å². The summed E-state index contributed by atoms with van der Waals surface area (Å²) in [6, 6.07) is 18.4. The third-order valence-corrected chi connectivity index (χ3v) is 6.19. The Kier molecular flexibility index (Phi) is 6.14. The highest BCUT2D eigenvalue weighted by Crippen LogP contribution is 2.44. The first kappa shape index (κ1) is 22.5. The Labute approximate surface area is 191 Å². The smallest absolute Gasteiger partial charge is 0.411 e. The number of aliphatic carboxylic acids is 1. The number of amides is 1. The maximum absolute atomic E-state index is 13.4. The molecule has 6 nitrogen and oxygen atoms in total. The molecule has 3 aromatic rings. The number of aromatic nitrogens is 1. The number of pyridine rings is 1. The number of ether oxygens (including phenoxy) is 1. The van der Waals surface area contributed by atoms with E-state index in [9.17, 15) is 19.1 Å². The van der Waals surface area contributed by atoms with Gasteiger partial charge in [0.15, 0.2) is 5.54 Å². The second-order valence-corrected chi connectivity index (χ2v) is 8.19. The molecule has 1 amide bonds. The van der Waals surface area contributed by atoms with Gasteiger partial charge >= 0.3 is 12.1 Å². The minimum absolute atomic E-state index is 0.0540. The number of carbonyl (C=O) groups excluding carboxylic acids is 1. The van der Waals surface area contributed by atoms with E-state index in [0.29, 0.717) is 6.42 Å². The van der Waals surface area contributed by atoms with E-state index < -0.39 is 23.4 Å². The maximum atomic E-state index is 13.4. The number of hydrogen-bond acceptors (Lipinski definition) is 4. The number of benzene rings is 2. The van der Waals surface area contributed by atoms with Gasteiger partial charge in [-0.2, -0.15) is 0 Å². The van der Waals surface area contributed by atoms with Gasteiger partial charge in [-0.05, 0) is 47.7 Å². The van der Waals surface area contributed by atoms with Crippen molar-refractivity contribution in [1.82, 2.24) is 9.88 Å². The lowest BCUT2D eigenvalue weighted by Crippen LogP contribution is -2.53. The molecule has 7 heteroatoms. The van der Waals surface area contributed by atoms with E-state index in [4.69, 9.17) is 4.74 Å². The van der Waals surface area contributed by atoms with Crippen LogP contribution in [0.15, 0.2) is 66.9 Å². The fourth-order valence-electron chi connectivity index (χ4n) is 4.42. The number of nitrogens with zero attached hydrogens (tertiary/aromatic N) is 2. The van der Waals surface area contributed by atoms with Gasteiger partial charge in [0.2, 0.25) is 0 Å². The van der Waals surface area contributed by atoms with E-state index in [1.165, 1.54) is 13.0 Å². The summed E-state index contributed by atoms with van der Waals surface area (Å²) in [5.74, 6) is -2.01. The average Bonchev–Trinajstić information content (AvgIpc) is 3.14. The van der Waals surface area contributed by atoms with Gasteiger partial charge in [0.25, 0.3) is 0 Å². The molecule has 1 N–H and O–H groups in total. The molecule has 0 fully saturated rings. The molecule has 1 aliphatic rings. The fourth-order valence-corrected chi connectivity index (χ4v) is 4.42. The largest absolute Gasteiger partial charge is 0.479 e. The van der Waals surface area contributed by atoms with Crippen LogP contribution in [0.4, 0.5) is 9.18 Å². The Morgan fingerprint density at radius 3 is 2.18 bits per heavy atom. The summed E-state index contributed by atoms with van der Waals surface area (Å²) >= 11 is 0. The number of fused-ring (bicyclic) bond motifs is 3. The van der Waals surface area contributed by atoms with Crippen molar-refractivity contribution >= 4 is 12.1 Å². The van der Waals surface area contributed by atoms with Crippen LogP contribution in [0, 0.1) is 5.82 Å². The van der Waals surface area contributed by atoms with Gasteiger partial charge in [0.05, 0.1) is 11.9 Å². The van der Waals surface area contributed by atoms with E-state index in [0.717, 1.165) is 39.4 Å².